The van der Waals surface area contributed by atoms with E-state index in [0.29, 0.717) is 46.4 Å². The van der Waals surface area contributed by atoms with Crippen LogP contribution in [0.2, 0.25) is 5.02 Å². The van der Waals surface area contributed by atoms with Crippen molar-refractivity contribution in [2.75, 3.05) is 18.8 Å². The Morgan fingerprint density at radius 3 is 2.91 bits per heavy atom. The minimum absolute atomic E-state index is 0.0671. The Morgan fingerprint density at radius 1 is 1.43 bits per heavy atom. The van der Waals surface area contributed by atoms with Crippen LogP contribution in [0.3, 0.4) is 0 Å². The quantitative estimate of drug-likeness (QED) is 0.591. The maximum atomic E-state index is 12.6. The van der Waals surface area contributed by atoms with E-state index in [2.05, 4.69) is 10.3 Å². The third-order valence-corrected chi connectivity index (χ3v) is 4.85. The molecule has 4 N–H and O–H groups in total. The lowest BCUT2D eigenvalue weighted by atomic mass is 9.86. The number of fused-ring (bicyclic) bond motifs is 1. The average Bonchev–Trinajstić information content (AvgIpc) is 2.57. The Morgan fingerprint density at radius 2 is 2.17 bits per heavy atom. The number of aliphatic hydroxyl groups is 1. The number of hydrogen-bond acceptors (Lipinski definition) is 5. The van der Waals surface area contributed by atoms with Gasteiger partial charge in [0.2, 0.25) is 0 Å². The molecule has 3 rings (SSSR count). The summed E-state index contributed by atoms with van der Waals surface area (Å²) in [5.74, 6) is -0.0671. The lowest BCUT2D eigenvalue weighted by molar-refractivity contribution is 0.00148. The fourth-order valence-electron chi connectivity index (χ4n) is 3.07. The largest absolute Gasteiger partial charge is 0.397 e. The van der Waals surface area contributed by atoms with Crippen molar-refractivity contribution in [3.8, 4) is 0 Å². The summed E-state index contributed by atoms with van der Waals surface area (Å²) >= 11 is 6.15. The molecule has 6 heteroatoms. The van der Waals surface area contributed by atoms with Crippen LogP contribution >= 0.6 is 11.6 Å². The van der Waals surface area contributed by atoms with Gasteiger partial charge in [0.15, 0.2) is 5.78 Å². The molecule has 23 heavy (non-hydrogen) atoms. The molecule has 0 atom stereocenters. The number of piperidine rings is 1. The predicted octanol–water partition coefficient (Wildman–Crippen LogP) is 2.55. The van der Waals surface area contributed by atoms with Gasteiger partial charge in [-0.1, -0.05) is 11.6 Å². The minimum atomic E-state index is -0.762. The average molecular weight is 334 g/mol. The second-order valence-electron chi connectivity index (χ2n) is 6.12. The van der Waals surface area contributed by atoms with E-state index >= 15 is 0 Å². The van der Waals surface area contributed by atoms with Crippen LogP contribution < -0.4 is 11.1 Å². The molecular formula is C17H20ClN3O2. The predicted molar refractivity (Wildman–Crippen MR) is 91.8 cm³/mol. The summed E-state index contributed by atoms with van der Waals surface area (Å²) in [6.07, 6.45) is 3.68. The van der Waals surface area contributed by atoms with Crippen LogP contribution in [-0.2, 0) is 0 Å². The molecule has 5 nitrogen and oxygen atoms in total. The number of nitrogens with one attached hydrogen (secondary N) is 1. The molecule has 0 bridgehead atoms. The lowest BCUT2D eigenvalue weighted by Crippen LogP contribution is -2.42. The van der Waals surface area contributed by atoms with Gasteiger partial charge in [0.25, 0.3) is 0 Å². The molecule has 1 aliphatic heterocycles. The van der Waals surface area contributed by atoms with Crippen LogP contribution in [-0.4, -0.2) is 34.6 Å². The molecule has 0 unspecified atom stereocenters. The van der Waals surface area contributed by atoms with E-state index in [0.717, 1.165) is 13.1 Å². The Labute approximate surface area is 139 Å². The molecule has 1 fully saturated rings. The number of carbonyl (C=O) groups is 1. The molecule has 1 aromatic heterocycles. The number of ketones is 1. The summed E-state index contributed by atoms with van der Waals surface area (Å²) in [5, 5.41) is 14.8. The van der Waals surface area contributed by atoms with Gasteiger partial charge in [-0.05, 0) is 50.6 Å². The number of rotatable bonds is 4. The minimum Gasteiger partial charge on any atom is -0.397 e. The lowest BCUT2D eigenvalue weighted by Gasteiger charge is -2.32. The second kappa shape index (κ2) is 6.43. The summed E-state index contributed by atoms with van der Waals surface area (Å²) in [6.45, 7) is 1.56. The number of nitrogens with zero attached hydrogens (tertiary/aromatic N) is 1. The summed E-state index contributed by atoms with van der Waals surface area (Å²) in [7, 11) is 0. The molecule has 1 aromatic carbocycles. The van der Waals surface area contributed by atoms with Gasteiger partial charge >= 0.3 is 0 Å². The maximum absolute atomic E-state index is 12.6. The Hall–Kier alpha value is -1.69. The number of anilines is 1. The van der Waals surface area contributed by atoms with E-state index in [9.17, 15) is 9.90 Å². The number of pyridine rings is 1. The van der Waals surface area contributed by atoms with E-state index in [-0.39, 0.29) is 12.2 Å². The van der Waals surface area contributed by atoms with Crippen molar-refractivity contribution >= 4 is 34.0 Å². The molecule has 0 radical (unpaired) electrons. The van der Waals surface area contributed by atoms with Crippen LogP contribution in [0.1, 0.15) is 36.0 Å². The molecule has 0 amide bonds. The molecule has 2 aromatic rings. The second-order valence-corrected chi connectivity index (χ2v) is 6.52. The molecule has 2 heterocycles. The molecule has 1 saturated heterocycles. The number of nitrogens with two attached hydrogens (primary N) is 1. The van der Waals surface area contributed by atoms with Crippen molar-refractivity contribution in [1.29, 1.82) is 0 Å². The van der Waals surface area contributed by atoms with E-state index < -0.39 is 5.60 Å². The molecular weight excluding hydrogens is 314 g/mol. The topological polar surface area (TPSA) is 88.2 Å². The first-order chi connectivity index (χ1) is 11.0. The molecule has 0 spiro atoms. The zero-order chi connectivity index (χ0) is 16.4. The number of Topliss-reactive ketones (excluding diaryl/α,β-unsaturated/α-hetero) is 1. The highest BCUT2D eigenvalue weighted by Gasteiger charge is 2.30. The maximum Gasteiger partial charge on any atom is 0.165 e. The van der Waals surface area contributed by atoms with Crippen molar-refractivity contribution < 1.29 is 9.90 Å². The van der Waals surface area contributed by atoms with Crippen LogP contribution in [0.25, 0.3) is 10.9 Å². The van der Waals surface area contributed by atoms with Crippen molar-refractivity contribution in [2.45, 2.75) is 31.3 Å². The van der Waals surface area contributed by atoms with Crippen LogP contribution in [0.5, 0.6) is 0 Å². The first-order valence-corrected chi connectivity index (χ1v) is 8.17. The zero-order valence-corrected chi connectivity index (χ0v) is 13.6. The normalized spacial score (nSPS) is 17.3. The Kier molecular flexibility index (Phi) is 4.53. The van der Waals surface area contributed by atoms with E-state index in [4.69, 9.17) is 17.3 Å². The monoisotopic (exact) mass is 333 g/mol. The molecule has 0 aliphatic carbocycles. The smallest absolute Gasteiger partial charge is 0.165 e. The van der Waals surface area contributed by atoms with E-state index in [1.807, 2.05) is 0 Å². The van der Waals surface area contributed by atoms with Gasteiger partial charge in [0.1, 0.15) is 0 Å². The van der Waals surface area contributed by atoms with Crippen LogP contribution in [0, 0.1) is 0 Å². The zero-order valence-electron chi connectivity index (χ0n) is 12.8. The first kappa shape index (κ1) is 16.2. The van der Waals surface area contributed by atoms with Gasteiger partial charge in [0, 0.05) is 23.6 Å². The van der Waals surface area contributed by atoms with Gasteiger partial charge in [-0.15, -0.1) is 0 Å². The number of benzene rings is 1. The summed E-state index contributed by atoms with van der Waals surface area (Å²) in [4.78, 5) is 16.9. The van der Waals surface area contributed by atoms with Crippen molar-refractivity contribution in [3.05, 3.63) is 35.0 Å². The standard InChI is InChI=1S/C17H20ClN3O2/c18-13-10-12(16-11(15(13)19)2-1-7-21-16)14(22)3-4-17(23)5-8-20-9-6-17/h1-2,7,10,20,23H,3-6,8-9,19H2. The Balaban J connectivity index is 1.85. The van der Waals surface area contributed by atoms with E-state index in [1.165, 1.54) is 0 Å². The van der Waals surface area contributed by atoms with Crippen molar-refractivity contribution in [3.63, 3.8) is 0 Å². The SMILES string of the molecule is Nc1c(Cl)cc(C(=O)CCC2(O)CCNCC2)c2ncccc12. The molecule has 122 valence electrons. The third kappa shape index (κ3) is 3.32. The molecule has 1 aliphatic rings. The third-order valence-electron chi connectivity index (χ3n) is 4.53. The van der Waals surface area contributed by atoms with Crippen LogP contribution in [0.4, 0.5) is 5.69 Å². The number of halogens is 1. The van der Waals surface area contributed by atoms with Gasteiger partial charge < -0.3 is 16.2 Å². The van der Waals surface area contributed by atoms with Gasteiger partial charge in [-0.25, -0.2) is 0 Å². The number of carbonyl (C=O) groups excluding carboxylic acids is 1. The highest BCUT2D eigenvalue weighted by molar-refractivity contribution is 6.35. The highest BCUT2D eigenvalue weighted by atomic mass is 35.5. The van der Waals surface area contributed by atoms with E-state index in [1.54, 1.807) is 24.4 Å². The highest BCUT2D eigenvalue weighted by Crippen LogP contribution is 2.32. The van der Waals surface area contributed by atoms with Gasteiger partial charge in [-0.3, -0.25) is 9.78 Å². The fourth-order valence-corrected chi connectivity index (χ4v) is 3.29. The summed E-state index contributed by atoms with van der Waals surface area (Å²) < 4.78 is 0. The summed E-state index contributed by atoms with van der Waals surface area (Å²) in [6, 6.07) is 5.16. The number of hydrogen-bond donors (Lipinski definition) is 3. The summed E-state index contributed by atoms with van der Waals surface area (Å²) in [5.41, 5.74) is 6.68. The number of aromatic nitrogens is 1. The van der Waals surface area contributed by atoms with Gasteiger partial charge in [0.05, 0.1) is 21.8 Å². The first-order valence-electron chi connectivity index (χ1n) is 7.79. The van der Waals surface area contributed by atoms with Crippen molar-refractivity contribution in [1.82, 2.24) is 10.3 Å². The number of nitrogen functional groups attached to an aromatic ring is 1. The van der Waals surface area contributed by atoms with Crippen molar-refractivity contribution in [2.24, 2.45) is 0 Å². The fraction of sp³-hybridized carbons (Fsp3) is 0.412. The molecule has 0 saturated carbocycles. The van der Waals surface area contributed by atoms with Crippen LogP contribution in [0.15, 0.2) is 24.4 Å². The van der Waals surface area contributed by atoms with Gasteiger partial charge in [-0.2, -0.15) is 0 Å². The Bertz CT molecular complexity index is 742.